The summed E-state index contributed by atoms with van der Waals surface area (Å²) in [5.41, 5.74) is -0.0450. The number of alkyl halides is 4. The molecule has 6 nitrogen and oxygen atoms in total. The van der Waals surface area contributed by atoms with E-state index in [2.05, 4.69) is 6.58 Å². The number of ether oxygens (including phenoxy) is 2. The Hall–Kier alpha value is -2.50. The molecule has 0 bridgehead atoms. The molecule has 2 aromatic rings. The molecular weight excluding hydrogens is 444 g/mol. The van der Waals surface area contributed by atoms with Crippen LogP contribution in [0.25, 0.3) is 10.8 Å². The molecule has 0 saturated carbocycles. The van der Waals surface area contributed by atoms with Crippen molar-refractivity contribution in [1.29, 1.82) is 0 Å². The standard InChI is InChI=1S/C20H20F4O6S/c1-14(18(25)30-17-9-8-15-6-2-3-7-16(15)12-17)13-29-11-5-4-10-19(21,22)20(23,24)31(26,27)28/h2-3,6-9,12H,1,4-5,10-11,13H2,(H,26,27,28). The number of fused-ring (bicyclic) bond motifs is 1. The van der Waals surface area contributed by atoms with E-state index in [-0.39, 0.29) is 25.2 Å². The summed E-state index contributed by atoms with van der Waals surface area (Å²) in [6, 6.07) is 12.5. The SMILES string of the molecule is C=C(COCCCCC(F)(F)C(F)(F)S(=O)(=O)O)C(=O)Oc1ccc2ccccc2c1. The fraction of sp³-hybridized carbons (Fsp3) is 0.350. The molecule has 2 rings (SSSR count). The molecule has 0 spiro atoms. The van der Waals surface area contributed by atoms with Gasteiger partial charge in [-0.2, -0.15) is 26.0 Å². The van der Waals surface area contributed by atoms with E-state index in [0.717, 1.165) is 10.8 Å². The van der Waals surface area contributed by atoms with E-state index in [4.69, 9.17) is 14.0 Å². The molecule has 0 aliphatic carbocycles. The third-order valence-electron chi connectivity index (χ3n) is 4.28. The molecule has 2 aromatic carbocycles. The summed E-state index contributed by atoms with van der Waals surface area (Å²) >= 11 is 0. The molecule has 0 saturated heterocycles. The maximum absolute atomic E-state index is 13.3. The number of halogens is 4. The van der Waals surface area contributed by atoms with Crippen molar-refractivity contribution in [3.8, 4) is 5.75 Å². The first kappa shape index (κ1) is 24.8. The maximum atomic E-state index is 13.3. The summed E-state index contributed by atoms with van der Waals surface area (Å²) < 4.78 is 92.2. The van der Waals surface area contributed by atoms with Crippen molar-refractivity contribution in [2.75, 3.05) is 13.2 Å². The number of esters is 1. The average Bonchev–Trinajstić information content (AvgIpc) is 2.69. The molecule has 0 radical (unpaired) electrons. The van der Waals surface area contributed by atoms with Crippen molar-refractivity contribution in [3.63, 3.8) is 0 Å². The van der Waals surface area contributed by atoms with Crippen LogP contribution < -0.4 is 4.74 Å². The summed E-state index contributed by atoms with van der Waals surface area (Å²) in [7, 11) is -6.24. The summed E-state index contributed by atoms with van der Waals surface area (Å²) in [4.78, 5) is 12.0. The van der Waals surface area contributed by atoms with Gasteiger partial charge in [-0.25, -0.2) is 4.79 Å². The van der Waals surface area contributed by atoms with Crippen molar-refractivity contribution in [2.24, 2.45) is 0 Å². The van der Waals surface area contributed by atoms with Gasteiger partial charge in [-0.15, -0.1) is 0 Å². The molecular formula is C20H20F4O6S. The van der Waals surface area contributed by atoms with Gasteiger partial charge < -0.3 is 9.47 Å². The number of hydrogen-bond donors (Lipinski definition) is 1. The highest BCUT2D eigenvalue weighted by Crippen LogP contribution is 2.41. The number of carbonyl (C=O) groups excluding carboxylic acids is 1. The van der Waals surface area contributed by atoms with Crippen LogP contribution in [0.5, 0.6) is 5.75 Å². The first-order valence-corrected chi connectivity index (χ1v) is 10.5. The summed E-state index contributed by atoms with van der Waals surface area (Å²) in [5.74, 6) is -5.39. The molecule has 0 atom stereocenters. The lowest BCUT2D eigenvalue weighted by atomic mass is 10.1. The zero-order valence-corrected chi connectivity index (χ0v) is 17.0. The molecule has 0 amide bonds. The normalized spacial score (nSPS) is 12.7. The van der Waals surface area contributed by atoms with Crippen LogP contribution in [-0.4, -0.2) is 43.3 Å². The predicted octanol–water partition coefficient (Wildman–Crippen LogP) is 4.60. The van der Waals surface area contributed by atoms with Gasteiger partial charge in [-0.3, -0.25) is 4.55 Å². The second kappa shape index (κ2) is 9.75. The lowest BCUT2D eigenvalue weighted by Gasteiger charge is -2.23. The quantitative estimate of drug-likeness (QED) is 0.131. The Morgan fingerprint density at radius 3 is 2.32 bits per heavy atom. The number of hydrogen-bond acceptors (Lipinski definition) is 5. The van der Waals surface area contributed by atoms with Gasteiger partial charge in [0.25, 0.3) is 0 Å². The highest BCUT2D eigenvalue weighted by atomic mass is 32.2. The highest BCUT2D eigenvalue weighted by Gasteiger charge is 2.64. The van der Waals surface area contributed by atoms with E-state index in [1.54, 1.807) is 18.2 Å². The Kier molecular flexibility index (Phi) is 7.79. The van der Waals surface area contributed by atoms with Gasteiger partial charge in [0.05, 0.1) is 12.2 Å². The largest absolute Gasteiger partial charge is 0.431 e. The van der Waals surface area contributed by atoms with Crippen molar-refractivity contribution < 1.29 is 44.8 Å². The van der Waals surface area contributed by atoms with Crippen molar-refractivity contribution in [3.05, 3.63) is 54.6 Å². The Morgan fingerprint density at radius 2 is 1.68 bits per heavy atom. The van der Waals surface area contributed by atoms with Gasteiger partial charge in [0.2, 0.25) is 0 Å². The lowest BCUT2D eigenvalue weighted by Crippen LogP contribution is -2.46. The smallest absolute Gasteiger partial charge is 0.423 e. The first-order chi connectivity index (χ1) is 14.3. The third kappa shape index (κ3) is 6.25. The minimum Gasteiger partial charge on any atom is -0.423 e. The molecule has 0 fully saturated rings. The maximum Gasteiger partial charge on any atom is 0.431 e. The van der Waals surface area contributed by atoms with Crippen LogP contribution >= 0.6 is 0 Å². The molecule has 31 heavy (non-hydrogen) atoms. The second-order valence-corrected chi connectivity index (χ2v) is 8.17. The summed E-state index contributed by atoms with van der Waals surface area (Å²) in [6.07, 6.45) is -2.11. The molecule has 0 aliphatic rings. The fourth-order valence-electron chi connectivity index (χ4n) is 2.55. The van der Waals surface area contributed by atoms with Crippen LogP contribution in [0.1, 0.15) is 19.3 Å². The van der Waals surface area contributed by atoms with Gasteiger partial charge in [-0.05, 0) is 35.7 Å². The molecule has 0 heterocycles. The molecule has 11 heteroatoms. The van der Waals surface area contributed by atoms with Gasteiger partial charge in [0, 0.05) is 13.0 Å². The van der Waals surface area contributed by atoms with Crippen LogP contribution in [0.3, 0.4) is 0 Å². The first-order valence-electron chi connectivity index (χ1n) is 9.04. The van der Waals surface area contributed by atoms with Gasteiger partial charge >= 0.3 is 27.3 Å². The molecule has 0 unspecified atom stereocenters. The van der Waals surface area contributed by atoms with Crippen LogP contribution in [0.4, 0.5) is 17.6 Å². The van der Waals surface area contributed by atoms with E-state index in [9.17, 15) is 30.8 Å². The number of unbranched alkanes of at least 4 members (excludes halogenated alkanes) is 1. The zero-order chi connectivity index (χ0) is 23.3. The number of rotatable bonds is 11. The average molecular weight is 464 g/mol. The predicted molar refractivity (Wildman–Crippen MR) is 105 cm³/mol. The van der Waals surface area contributed by atoms with E-state index in [0.29, 0.717) is 5.75 Å². The minimum absolute atomic E-state index is 0.0450. The monoisotopic (exact) mass is 464 g/mol. The van der Waals surface area contributed by atoms with Gasteiger partial charge in [0.15, 0.2) is 0 Å². The number of benzene rings is 2. The van der Waals surface area contributed by atoms with E-state index in [1.807, 2.05) is 24.3 Å². The van der Waals surface area contributed by atoms with Crippen molar-refractivity contribution >= 4 is 26.9 Å². The highest BCUT2D eigenvalue weighted by molar-refractivity contribution is 7.87. The fourth-order valence-corrected chi connectivity index (χ4v) is 3.03. The van der Waals surface area contributed by atoms with Crippen molar-refractivity contribution in [2.45, 2.75) is 30.4 Å². The Bertz CT molecular complexity index is 1050. The second-order valence-electron chi connectivity index (χ2n) is 6.71. The van der Waals surface area contributed by atoms with Crippen LogP contribution in [0.2, 0.25) is 0 Å². The van der Waals surface area contributed by atoms with Crippen LogP contribution in [-0.2, 0) is 19.6 Å². The molecule has 170 valence electrons. The van der Waals surface area contributed by atoms with Crippen molar-refractivity contribution in [1.82, 2.24) is 0 Å². The third-order valence-corrected chi connectivity index (χ3v) is 5.22. The van der Waals surface area contributed by atoms with Gasteiger partial charge in [-0.1, -0.05) is 36.9 Å². The zero-order valence-electron chi connectivity index (χ0n) is 16.2. The van der Waals surface area contributed by atoms with E-state index < -0.39 is 40.1 Å². The Labute approximate surface area is 176 Å². The van der Waals surface area contributed by atoms with Gasteiger partial charge in [0.1, 0.15) is 5.75 Å². The molecule has 0 aliphatic heterocycles. The molecule has 1 N–H and O–H groups in total. The van der Waals surface area contributed by atoms with Crippen LogP contribution in [0.15, 0.2) is 54.6 Å². The van der Waals surface area contributed by atoms with E-state index >= 15 is 0 Å². The Morgan fingerprint density at radius 1 is 1.03 bits per heavy atom. The summed E-state index contributed by atoms with van der Waals surface area (Å²) in [6.45, 7) is 3.07. The summed E-state index contributed by atoms with van der Waals surface area (Å²) in [5, 5.41) is -3.75. The Balaban J connectivity index is 1.73. The van der Waals surface area contributed by atoms with Crippen LogP contribution in [0, 0.1) is 0 Å². The molecule has 0 aromatic heterocycles. The lowest BCUT2D eigenvalue weighted by molar-refractivity contribution is -0.165. The number of carbonyl (C=O) groups is 1. The minimum atomic E-state index is -6.24. The topological polar surface area (TPSA) is 89.9 Å². The van der Waals surface area contributed by atoms with E-state index in [1.165, 1.54) is 0 Å².